The largest absolute Gasteiger partial charge is 0.465 e. The minimum absolute atomic E-state index is 0.173. The second-order valence-corrected chi connectivity index (χ2v) is 9.66. The summed E-state index contributed by atoms with van der Waals surface area (Å²) in [5.74, 6) is 0.256. The molecule has 3 aromatic carbocycles. The number of fused-ring (bicyclic) bond motifs is 3. The van der Waals surface area contributed by atoms with E-state index in [1.54, 1.807) is 12.3 Å². The Bertz CT molecular complexity index is 1290. The zero-order valence-corrected chi connectivity index (χ0v) is 17.6. The highest BCUT2D eigenvalue weighted by molar-refractivity contribution is 7.50. The Kier molecular flexibility index (Phi) is 4.44. The molecular weight excluding hydrogens is 392 g/mol. The number of benzene rings is 3. The molecule has 4 heteroatoms. The Morgan fingerprint density at radius 3 is 1.97 bits per heavy atom. The normalized spacial score (nSPS) is 11.8. The third kappa shape index (κ3) is 3.10. The van der Waals surface area contributed by atoms with Crippen molar-refractivity contribution in [2.24, 2.45) is 0 Å². The summed E-state index contributed by atoms with van der Waals surface area (Å²) in [7, 11) is -0.173. The van der Waals surface area contributed by atoms with Crippen LogP contribution in [0.3, 0.4) is 0 Å². The van der Waals surface area contributed by atoms with Gasteiger partial charge in [0.2, 0.25) is 0 Å². The monoisotopic (exact) mass is 413 g/mol. The van der Waals surface area contributed by atoms with Crippen molar-refractivity contribution in [3.63, 3.8) is 0 Å². The molecule has 0 radical (unpaired) electrons. The minimum Gasteiger partial charge on any atom is -0.465 e. The van der Waals surface area contributed by atoms with E-state index in [4.69, 9.17) is 9.15 Å². The van der Waals surface area contributed by atoms with Crippen molar-refractivity contribution >= 4 is 36.6 Å². The lowest BCUT2D eigenvalue weighted by atomic mass is 10.1. The van der Waals surface area contributed by atoms with Gasteiger partial charge in [0.1, 0.15) is 5.76 Å². The van der Waals surface area contributed by atoms with Gasteiger partial charge in [-0.05, 0) is 74.5 Å². The lowest BCUT2D eigenvalue weighted by molar-refractivity contribution is -0.0126. The molecular formula is C26H21O3S+. The molecule has 30 heavy (non-hydrogen) atoms. The second kappa shape index (κ2) is 7.15. The van der Waals surface area contributed by atoms with Gasteiger partial charge in [0, 0.05) is 21.2 Å². The fraction of sp³-hybridized carbons (Fsp3) is 0.115. The molecule has 0 aliphatic carbocycles. The van der Waals surface area contributed by atoms with E-state index in [1.807, 2.05) is 44.2 Å². The number of hydrogen-bond donors (Lipinski definition) is 0. The molecule has 0 unspecified atom stereocenters. The molecule has 0 saturated heterocycles. The smallest absolute Gasteiger partial charge is 0.339 e. The molecule has 0 bridgehead atoms. The van der Waals surface area contributed by atoms with Crippen molar-refractivity contribution < 1.29 is 13.9 Å². The summed E-state index contributed by atoms with van der Waals surface area (Å²) >= 11 is 0. The fourth-order valence-electron chi connectivity index (χ4n) is 3.80. The first-order valence-corrected chi connectivity index (χ1v) is 11.1. The summed E-state index contributed by atoms with van der Waals surface area (Å²) in [6.07, 6.45) is 1.58. The molecule has 0 saturated carbocycles. The number of esters is 1. The van der Waals surface area contributed by atoms with E-state index in [9.17, 15) is 4.79 Å². The van der Waals surface area contributed by atoms with Gasteiger partial charge in [-0.15, -0.1) is 0 Å². The van der Waals surface area contributed by atoms with Crippen LogP contribution in [0.1, 0.15) is 30.0 Å². The van der Waals surface area contributed by atoms with Gasteiger partial charge in [-0.25, -0.2) is 4.79 Å². The van der Waals surface area contributed by atoms with Crippen molar-refractivity contribution in [1.82, 2.24) is 0 Å². The fourth-order valence-corrected chi connectivity index (χ4v) is 6.17. The summed E-state index contributed by atoms with van der Waals surface area (Å²) in [5.41, 5.74) is -0.299. The average Bonchev–Trinajstić information content (AvgIpc) is 3.41. The maximum Gasteiger partial charge on any atom is 0.339 e. The van der Waals surface area contributed by atoms with Gasteiger partial charge in [-0.3, -0.25) is 0 Å². The van der Waals surface area contributed by atoms with Crippen LogP contribution < -0.4 is 0 Å². The average molecular weight is 414 g/mol. The van der Waals surface area contributed by atoms with E-state index in [1.165, 1.54) is 25.1 Å². The highest BCUT2D eigenvalue weighted by Gasteiger charge is 2.29. The zero-order valence-electron chi connectivity index (χ0n) is 16.8. The highest BCUT2D eigenvalue weighted by atomic mass is 32.2. The maximum atomic E-state index is 12.7. The summed E-state index contributed by atoms with van der Waals surface area (Å²) in [5, 5.41) is 2.58. The molecule has 5 rings (SSSR count). The van der Waals surface area contributed by atoms with Crippen molar-refractivity contribution in [3.05, 3.63) is 103 Å². The highest BCUT2D eigenvalue weighted by Crippen LogP contribution is 2.48. The summed E-state index contributed by atoms with van der Waals surface area (Å²) < 4.78 is 13.8. The molecule has 5 aromatic rings. The van der Waals surface area contributed by atoms with Gasteiger partial charge in [0.25, 0.3) is 0 Å². The zero-order chi connectivity index (χ0) is 20.7. The number of carbonyl (C=O) groups excluding carboxylic acids is 1. The van der Waals surface area contributed by atoms with Crippen LogP contribution in [0.5, 0.6) is 0 Å². The molecule has 2 aromatic heterocycles. The Labute approximate surface area is 177 Å². The third-order valence-electron chi connectivity index (χ3n) is 5.29. The molecule has 0 fully saturated rings. The van der Waals surface area contributed by atoms with Gasteiger partial charge >= 0.3 is 5.97 Å². The lowest BCUT2D eigenvalue weighted by Crippen LogP contribution is -2.25. The van der Waals surface area contributed by atoms with Crippen LogP contribution in [0, 0.1) is 0 Å². The number of ether oxygens (including phenoxy) is 1. The molecule has 0 atom stereocenters. The maximum absolute atomic E-state index is 12.7. The minimum atomic E-state index is -0.829. The molecule has 2 heterocycles. The predicted molar refractivity (Wildman–Crippen MR) is 122 cm³/mol. The quantitative estimate of drug-likeness (QED) is 0.227. The van der Waals surface area contributed by atoms with E-state index in [0.29, 0.717) is 11.3 Å². The summed E-state index contributed by atoms with van der Waals surface area (Å²) in [6.45, 7) is 3.65. The van der Waals surface area contributed by atoms with Crippen LogP contribution in [0.4, 0.5) is 0 Å². The molecule has 0 N–H and O–H groups in total. The molecule has 0 spiro atoms. The van der Waals surface area contributed by atoms with E-state index in [0.717, 1.165) is 0 Å². The lowest BCUT2D eigenvalue weighted by Gasteiger charge is -2.22. The van der Waals surface area contributed by atoms with E-state index < -0.39 is 5.60 Å². The predicted octanol–water partition coefficient (Wildman–Crippen LogP) is 7.42. The standard InChI is InChI=1S/C26H21O3S/c1-26(2,24-12-7-17-28-24)29-25(27)18-13-15-19(16-14-18)30-22-10-5-3-8-20(22)21-9-4-6-11-23(21)30/h3-17H,1-2H3/q+1. The van der Waals surface area contributed by atoms with Crippen LogP contribution in [0.15, 0.2) is 95.6 Å². The van der Waals surface area contributed by atoms with Crippen molar-refractivity contribution in [2.45, 2.75) is 19.4 Å². The van der Waals surface area contributed by atoms with Crippen LogP contribution in [0.2, 0.25) is 0 Å². The van der Waals surface area contributed by atoms with Crippen LogP contribution in [-0.2, 0) is 10.3 Å². The van der Waals surface area contributed by atoms with Gasteiger partial charge < -0.3 is 9.15 Å². The van der Waals surface area contributed by atoms with Crippen LogP contribution in [-0.4, -0.2) is 5.97 Å². The van der Waals surface area contributed by atoms with Gasteiger partial charge in [0.15, 0.2) is 19.9 Å². The third-order valence-corrected chi connectivity index (χ3v) is 7.63. The Morgan fingerprint density at radius 1 is 0.800 bits per heavy atom. The first kappa shape index (κ1) is 18.6. The first-order chi connectivity index (χ1) is 14.5. The van der Waals surface area contributed by atoms with Gasteiger partial charge in [-0.2, -0.15) is 0 Å². The van der Waals surface area contributed by atoms with E-state index in [2.05, 4.69) is 48.5 Å². The van der Waals surface area contributed by atoms with E-state index >= 15 is 0 Å². The summed E-state index contributed by atoms with van der Waals surface area (Å²) in [4.78, 5) is 13.9. The molecule has 0 amide bonds. The topological polar surface area (TPSA) is 39.4 Å². The Balaban J connectivity index is 1.51. The van der Waals surface area contributed by atoms with Crippen LogP contribution in [0.25, 0.3) is 25.1 Å². The second-order valence-electron chi connectivity index (χ2n) is 7.70. The summed E-state index contributed by atoms with van der Waals surface area (Å²) in [6, 6.07) is 28.5. The van der Waals surface area contributed by atoms with Gasteiger partial charge in [0.05, 0.1) is 11.8 Å². The molecule has 0 aliphatic rings. The van der Waals surface area contributed by atoms with Gasteiger partial charge in [-0.1, -0.05) is 24.3 Å². The number of furan rings is 1. The molecule has 0 aliphatic heterocycles. The number of thiophene rings is 1. The molecule has 148 valence electrons. The Hall–Kier alpha value is -3.37. The first-order valence-electron chi connectivity index (χ1n) is 9.85. The van der Waals surface area contributed by atoms with Crippen molar-refractivity contribution in [2.75, 3.05) is 0 Å². The SMILES string of the molecule is CC(C)(OC(=O)c1ccc(-[s+]2c3ccccc3c3ccccc32)cc1)c1ccco1. The van der Waals surface area contributed by atoms with Crippen LogP contribution >= 0.6 is 10.5 Å². The number of hydrogen-bond acceptors (Lipinski definition) is 3. The molecule has 3 nitrogen and oxygen atoms in total. The van der Waals surface area contributed by atoms with Crippen molar-refractivity contribution in [3.8, 4) is 4.90 Å². The number of carbonyl (C=O) groups is 1. The van der Waals surface area contributed by atoms with Crippen molar-refractivity contribution in [1.29, 1.82) is 0 Å². The van der Waals surface area contributed by atoms with E-state index in [-0.39, 0.29) is 16.4 Å². The number of rotatable bonds is 4. The Morgan fingerprint density at radius 2 is 1.40 bits per heavy atom.